The van der Waals surface area contributed by atoms with Gasteiger partial charge in [0.05, 0.1) is 0 Å². The lowest BCUT2D eigenvalue weighted by Crippen LogP contribution is -2.44. The van der Waals surface area contributed by atoms with Gasteiger partial charge >= 0.3 is 6.03 Å². The molecule has 2 atom stereocenters. The molecular weight excluding hydrogens is 452 g/mol. The van der Waals surface area contributed by atoms with E-state index < -0.39 is 11.6 Å². The van der Waals surface area contributed by atoms with Crippen molar-refractivity contribution in [3.05, 3.63) is 107 Å². The molecule has 2 heterocycles. The third-order valence-corrected chi connectivity index (χ3v) is 7.43. The van der Waals surface area contributed by atoms with E-state index in [0.717, 1.165) is 38.1 Å². The second-order valence-corrected chi connectivity index (χ2v) is 9.44. The average Bonchev–Trinajstić information content (AvgIpc) is 3.57. The van der Waals surface area contributed by atoms with Crippen LogP contribution < -0.4 is 10.6 Å². The number of nitrogens with one attached hydrogen (secondary N) is 3. The Hall–Kier alpha value is -4.39. The molecule has 1 fully saturated rings. The van der Waals surface area contributed by atoms with E-state index >= 15 is 0 Å². The molecule has 3 aromatic carbocycles. The third kappa shape index (κ3) is 3.55. The lowest BCUT2D eigenvalue weighted by atomic mass is 9.91. The summed E-state index contributed by atoms with van der Waals surface area (Å²) in [6.07, 6.45) is 3.20. The number of H-pyrrole nitrogens is 1. The average molecular weight is 479 g/mol. The number of carbonyl (C=O) groups is 3. The molecular formula is C29H26N4O3. The van der Waals surface area contributed by atoms with Gasteiger partial charge in [0.1, 0.15) is 12.1 Å². The van der Waals surface area contributed by atoms with Gasteiger partial charge in [-0.05, 0) is 41.2 Å². The number of benzene rings is 3. The molecule has 0 bridgehead atoms. The zero-order valence-electron chi connectivity index (χ0n) is 19.7. The van der Waals surface area contributed by atoms with Gasteiger partial charge in [-0.25, -0.2) is 4.79 Å². The molecule has 1 aromatic heterocycles. The maximum Gasteiger partial charge on any atom is 0.325 e. The van der Waals surface area contributed by atoms with Crippen LogP contribution in [-0.2, 0) is 21.5 Å². The van der Waals surface area contributed by atoms with Crippen molar-refractivity contribution in [1.82, 2.24) is 20.5 Å². The largest absolute Gasteiger partial charge is 0.361 e. The number of hydrogen-bond donors (Lipinski definition) is 3. The number of nitrogens with zero attached hydrogens (tertiary/aromatic N) is 1. The highest BCUT2D eigenvalue weighted by atomic mass is 16.2. The minimum Gasteiger partial charge on any atom is -0.361 e. The Morgan fingerprint density at radius 2 is 1.72 bits per heavy atom. The van der Waals surface area contributed by atoms with Crippen molar-refractivity contribution in [2.24, 2.45) is 0 Å². The molecule has 1 aliphatic carbocycles. The molecule has 1 saturated heterocycles. The van der Waals surface area contributed by atoms with E-state index in [2.05, 4.69) is 21.7 Å². The number of rotatable bonds is 6. The third-order valence-electron chi connectivity index (χ3n) is 7.43. The first-order chi connectivity index (χ1) is 17.6. The first kappa shape index (κ1) is 22.1. The molecule has 36 heavy (non-hydrogen) atoms. The van der Waals surface area contributed by atoms with Crippen LogP contribution in [0.15, 0.2) is 85.1 Å². The van der Waals surface area contributed by atoms with Gasteiger partial charge in [-0.3, -0.25) is 14.5 Å². The molecule has 1 spiro atoms. The van der Waals surface area contributed by atoms with Crippen LogP contribution >= 0.6 is 0 Å². The molecule has 6 rings (SSSR count). The van der Waals surface area contributed by atoms with Crippen molar-refractivity contribution in [3.63, 3.8) is 0 Å². The van der Waals surface area contributed by atoms with Gasteiger partial charge in [-0.15, -0.1) is 0 Å². The molecule has 0 radical (unpaired) electrons. The summed E-state index contributed by atoms with van der Waals surface area (Å²) in [5, 5.41) is 6.94. The molecule has 2 unspecified atom stereocenters. The second-order valence-electron chi connectivity index (χ2n) is 9.44. The second kappa shape index (κ2) is 8.68. The van der Waals surface area contributed by atoms with Crippen LogP contribution in [0.25, 0.3) is 10.9 Å². The highest BCUT2D eigenvalue weighted by Gasteiger charge is 2.55. The van der Waals surface area contributed by atoms with Gasteiger partial charge in [-0.2, -0.15) is 0 Å². The number of amides is 4. The predicted octanol–water partition coefficient (Wildman–Crippen LogP) is 3.81. The fourth-order valence-corrected chi connectivity index (χ4v) is 5.62. The van der Waals surface area contributed by atoms with Crippen LogP contribution in [0, 0.1) is 0 Å². The van der Waals surface area contributed by atoms with Crippen molar-refractivity contribution in [1.29, 1.82) is 0 Å². The van der Waals surface area contributed by atoms with E-state index in [-0.39, 0.29) is 24.3 Å². The van der Waals surface area contributed by atoms with Crippen LogP contribution in [0.4, 0.5) is 4.79 Å². The van der Waals surface area contributed by atoms with Crippen molar-refractivity contribution in [2.45, 2.75) is 24.3 Å². The number of para-hydroxylation sites is 1. The van der Waals surface area contributed by atoms with E-state index in [1.165, 1.54) is 0 Å². The number of urea groups is 1. The highest BCUT2D eigenvalue weighted by molar-refractivity contribution is 6.10. The van der Waals surface area contributed by atoms with Crippen molar-refractivity contribution in [3.8, 4) is 0 Å². The Labute approximate surface area is 208 Å². The van der Waals surface area contributed by atoms with Gasteiger partial charge in [0.15, 0.2) is 0 Å². The summed E-state index contributed by atoms with van der Waals surface area (Å²) in [5.74, 6) is -0.825. The van der Waals surface area contributed by atoms with Crippen LogP contribution in [0.5, 0.6) is 0 Å². The van der Waals surface area contributed by atoms with Crippen molar-refractivity contribution < 1.29 is 14.4 Å². The van der Waals surface area contributed by atoms with Gasteiger partial charge in [0.25, 0.3) is 5.91 Å². The zero-order valence-corrected chi connectivity index (χ0v) is 19.7. The Bertz CT molecular complexity index is 1480. The number of aromatic amines is 1. The lowest BCUT2D eigenvalue weighted by molar-refractivity contribution is -0.135. The maximum absolute atomic E-state index is 13.4. The first-order valence-electron chi connectivity index (χ1n) is 12.2. The fourth-order valence-electron chi connectivity index (χ4n) is 5.62. The smallest absolute Gasteiger partial charge is 0.325 e. The van der Waals surface area contributed by atoms with Crippen LogP contribution in [-0.4, -0.2) is 40.8 Å². The SMILES string of the molecule is O=C(CN1C(=O)NC2(CCc3ccccc32)C1=O)NCC(c1ccccc1)c1c[nH]c2ccccc12. The van der Waals surface area contributed by atoms with E-state index in [1.807, 2.05) is 79.0 Å². The molecule has 3 N–H and O–H groups in total. The quantitative estimate of drug-likeness (QED) is 0.368. The minimum atomic E-state index is -1.06. The van der Waals surface area contributed by atoms with Crippen molar-refractivity contribution in [2.75, 3.05) is 13.1 Å². The Morgan fingerprint density at radius 1 is 0.972 bits per heavy atom. The summed E-state index contributed by atoms with van der Waals surface area (Å²) in [5.41, 5.74) is 4.00. The standard InChI is InChI=1S/C29H26N4O3/c34-26(18-33-27(35)29(32-28(33)36)15-14-20-10-4-6-12-24(20)29)31-16-22(19-8-2-1-3-9-19)23-17-30-25-13-7-5-11-21(23)25/h1-13,17,22,30H,14-16,18H2,(H,31,34)(H,32,36). The Balaban J connectivity index is 1.20. The number of fused-ring (bicyclic) bond motifs is 3. The summed E-state index contributed by atoms with van der Waals surface area (Å²) in [7, 11) is 0. The molecule has 1 aliphatic heterocycles. The molecule has 0 saturated carbocycles. The normalized spacial score (nSPS) is 19.5. The Kier molecular flexibility index (Phi) is 5.33. The number of aryl methyl sites for hydroxylation is 1. The number of aromatic nitrogens is 1. The number of imide groups is 1. The summed E-state index contributed by atoms with van der Waals surface area (Å²) in [6.45, 7) is 0.0201. The van der Waals surface area contributed by atoms with E-state index in [1.54, 1.807) is 0 Å². The van der Waals surface area contributed by atoms with Crippen LogP contribution in [0.2, 0.25) is 0 Å². The van der Waals surface area contributed by atoms with Crippen molar-refractivity contribution >= 4 is 28.7 Å². The van der Waals surface area contributed by atoms with Gasteiger partial charge in [-0.1, -0.05) is 72.8 Å². The van der Waals surface area contributed by atoms with Crippen LogP contribution in [0.1, 0.15) is 34.6 Å². The Morgan fingerprint density at radius 3 is 2.58 bits per heavy atom. The molecule has 7 heteroatoms. The fraction of sp³-hybridized carbons (Fsp3) is 0.207. The molecule has 180 valence electrons. The lowest BCUT2D eigenvalue weighted by Gasteiger charge is -2.22. The highest BCUT2D eigenvalue weighted by Crippen LogP contribution is 2.41. The predicted molar refractivity (Wildman–Crippen MR) is 136 cm³/mol. The zero-order chi connectivity index (χ0) is 24.7. The summed E-state index contributed by atoms with van der Waals surface area (Å²) >= 11 is 0. The molecule has 4 aromatic rings. The van der Waals surface area contributed by atoms with E-state index in [4.69, 9.17) is 0 Å². The van der Waals surface area contributed by atoms with E-state index in [9.17, 15) is 14.4 Å². The first-order valence-corrected chi connectivity index (χ1v) is 12.2. The van der Waals surface area contributed by atoms with E-state index in [0.29, 0.717) is 19.4 Å². The molecule has 7 nitrogen and oxygen atoms in total. The summed E-state index contributed by atoms with van der Waals surface area (Å²) in [4.78, 5) is 43.6. The summed E-state index contributed by atoms with van der Waals surface area (Å²) in [6, 6.07) is 25.2. The summed E-state index contributed by atoms with van der Waals surface area (Å²) < 4.78 is 0. The number of carbonyl (C=O) groups excluding carboxylic acids is 3. The molecule has 2 aliphatic rings. The van der Waals surface area contributed by atoms with Gasteiger partial charge in [0.2, 0.25) is 5.91 Å². The monoisotopic (exact) mass is 478 g/mol. The van der Waals surface area contributed by atoms with Crippen LogP contribution in [0.3, 0.4) is 0 Å². The molecule has 4 amide bonds. The maximum atomic E-state index is 13.4. The van der Waals surface area contributed by atoms with Gasteiger partial charge in [0, 0.05) is 29.6 Å². The minimum absolute atomic E-state index is 0.0949. The van der Waals surface area contributed by atoms with Gasteiger partial charge < -0.3 is 15.6 Å². The topological polar surface area (TPSA) is 94.3 Å². The number of hydrogen-bond acceptors (Lipinski definition) is 3.